The lowest BCUT2D eigenvalue weighted by Gasteiger charge is -2.10. The molecule has 0 saturated heterocycles. The summed E-state index contributed by atoms with van der Waals surface area (Å²) in [6.45, 7) is 0.365. The van der Waals surface area contributed by atoms with Crippen LogP contribution in [0, 0.1) is 0 Å². The largest absolute Gasteiger partial charge is 0.488 e. The summed E-state index contributed by atoms with van der Waals surface area (Å²) in [6.07, 6.45) is 3.62. The molecular formula is C17H15N3O2. The summed E-state index contributed by atoms with van der Waals surface area (Å²) >= 11 is 0. The highest BCUT2D eigenvalue weighted by Crippen LogP contribution is 2.19. The van der Waals surface area contributed by atoms with Crippen LogP contribution in [0.2, 0.25) is 0 Å². The number of carbonyl (C=O) groups excluding carboxylic acids is 1. The fourth-order valence-corrected chi connectivity index (χ4v) is 2.12. The molecule has 2 aromatic carbocycles. The summed E-state index contributed by atoms with van der Waals surface area (Å²) < 4.78 is 7.48. The Morgan fingerprint density at radius 3 is 2.55 bits per heavy atom. The minimum atomic E-state index is -0.496. The molecule has 5 heteroatoms. The van der Waals surface area contributed by atoms with Crippen molar-refractivity contribution in [1.82, 2.24) is 9.78 Å². The normalized spacial score (nSPS) is 10.4. The topological polar surface area (TPSA) is 70.1 Å². The van der Waals surface area contributed by atoms with Crippen molar-refractivity contribution in [2.75, 3.05) is 0 Å². The van der Waals surface area contributed by atoms with Crippen molar-refractivity contribution >= 4 is 5.91 Å². The number of benzene rings is 2. The van der Waals surface area contributed by atoms with Gasteiger partial charge >= 0.3 is 0 Å². The zero-order valence-electron chi connectivity index (χ0n) is 11.8. The predicted molar refractivity (Wildman–Crippen MR) is 82.9 cm³/mol. The van der Waals surface area contributed by atoms with Crippen LogP contribution in [0.5, 0.6) is 5.75 Å². The van der Waals surface area contributed by atoms with E-state index in [0.717, 1.165) is 11.3 Å². The van der Waals surface area contributed by atoms with E-state index in [4.69, 9.17) is 10.5 Å². The number of amides is 1. The number of aromatic nitrogens is 2. The summed E-state index contributed by atoms with van der Waals surface area (Å²) in [4.78, 5) is 11.3. The predicted octanol–water partition coefficient (Wildman–Crippen LogP) is 2.55. The number of para-hydroxylation sites is 1. The van der Waals surface area contributed by atoms with Crippen LogP contribution < -0.4 is 10.5 Å². The third-order valence-corrected chi connectivity index (χ3v) is 3.25. The van der Waals surface area contributed by atoms with Crippen LogP contribution in [0.4, 0.5) is 0 Å². The quantitative estimate of drug-likeness (QED) is 0.786. The molecule has 0 bridgehead atoms. The Hall–Kier alpha value is -3.08. The summed E-state index contributed by atoms with van der Waals surface area (Å²) in [5.41, 5.74) is 7.69. The zero-order chi connectivity index (χ0) is 15.4. The van der Waals surface area contributed by atoms with Gasteiger partial charge in [-0.1, -0.05) is 24.3 Å². The van der Waals surface area contributed by atoms with Gasteiger partial charge in [-0.05, 0) is 35.9 Å². The van der Waals surface area contributed by atoms with Gasteiger partial charge in [0.25, 0.3) is 5.91 Å². The molecule has 3 aromatic rings. The molecule has 1 aromatic heterocycles. The lowest BCUT2D eigenvalue weighted by Crippen LogP contribution is -2.12. The van der Waals surface area contributed by atoms with Crippen molar-refractivity contribution in [3.8, 4) is 11.4 Å². The number of primary amides is 1. The average Bonchev–Trinajstić information content (AvgIpc) is 3.08. The second-order valence-electron chi connectivity index (χ2n) is 4.77. The molecule has 0 spiro atoms. The molecule has 2 N–H and O–H groups in total. The van der Waals surface area contributed by atoms with Gasteiger partial charge in [-0.25, -0.2) is 4.68 Å². The number of nitrogens with two attached hydrogens (primary N) is 1. The second kappa shape index (κ2) is 6.13. The maximum Gasteiger partial charge on any atom is 0.252 e. The molecule has 22 heavy (non-hydrogen) atoms. The first-order valence-corrected chi connectivity index (χ1v) is 6.84. The molecule has 0 radical (unpaired) electrons. The van der Waals surface area contributed by atoms with E-state index < -0.39 is 5.91 Å². The summed E-state index contributed by atoms with van der Waals surface area (Å²) in [7, 11) is 0. The Balaban J connectivity index is 1.71. The maximum atomic E-state index is 11.3. The van der Waals surface area contributed by atoms with Gasteiger partial charge in [0.15, 0.2) is 0 Å². The molecule has 110 valence electrons. The minimum absolute atomic E-state index is 0.365. The van der Waals surface area contributed by atoms with Crippen molar-refractivity contribution < 1.29 is 9.53 Å². The van der Waals surface area contributed by atoms with Crippen LogP contribution >= 0.6 is 0 Å². The first-order chi connectivity index (χ1) is 10.7. The molecule has 0 unspecified atom stereocenters. The zero-order valence-corrected chi connectivity index (χ0v) is 11.8. The summed E-state index contributed by atoms with van der Waals surface area (Å²) in [5.74, 6) is -0.00390. The van der Waals surface area contributed by atoms with E-state index in [1.165, 1.54) is 0 Å². The Morgan fingerprint density at radius 2 is 1.86 bits per heavy atom. The molecule has 1 amide bonds. The van der Waals surface area contributed by atoms with Gasteiger partial charge < -0.3 is 10.5 Å². The molecule has 5 nitrogen and oxygen atoms in total. The lowest BCUT2D eigenvalue weighted by atomic mass is 10.2. The highest BCUT2D eigenvalue weighted by atomic mass is 16.5. The van der Waals surface area contributed by atoms with Crippen LogP contribution in [0.25, 0.3) is 5.69 Å². The first-order valence-electron chi connectivity index (χ1n) is 6.84. The van der Waals surface area contributed by atoms with Crippen molar-refractivity contribution in [3.05, 3.63) is 78.1 Å². The monoisotopic (exact) mass is 293 g/mol. The van der Waals surface area contributed by atoms with E-state index in [1.807, 2.05) is 42.6 Å². The fourth-order valence-electron chi connectivity index (χ4n) is 2.12. The molecule has 3 rings (SSSR count). The van der Waals surface area contributed by atoms with Gasteiger partial charge in [-0.2, -0.15) is 5.10 Å². The number of rotatable bonds is 5. The average molecular weight is 293 g/mol. The van der Waals surface area contributed by atoms with E-state index >= 15 is 0 Å². The third-order valence-electron chi connectivity index (χ3n) is 3.25. The smallest absolute Gasteiger partial charge is 0.252 e. The van der Waals surface area contributed by atoms with Crippen molar-refractivity contribution in [1.29, 1.82) is 0 Å². The summed E-state index contributed by atoms with van der Waals surface area (Å²) in [5, 5.41) is 4.17. The highest BCUT2D eigenvalue weighted by molar-refractivity contribution is 5.95. The molecule has 1 heterocycles. The Morgan fingerprint density at radius 1 is 1.09 bits per heavy atom. The summed E-state index contributed by atoms with van der Waals surface area (Å²) in [6, 6.07) is 16.7. The number of hydrogen-bond donors (Lipinski definition) is 1. The van der Waals surface area contributed by atoms with Crippen LogP contribution in [-0.2, 0) is 6.61 Å². The van der Waals surface area contributed by atoms with Crippen LogP contribution in [0.1, 0.15) is 15.9 Å². The van der Waals surface area contributed by atoms with Gasteiger partial charge in [0.2, 0.25) is 0 Å². The van der Waals surface area contributed by atoms with Gasteiger partial charge in [0.05, 0.1) is 11.3 Å². The van der Waals surface area contributed by atoms with Gasteiger partial charge in [-0.15, -0.1) is 0 Å². The minimum Gasteiger partial charge on any atom is -0.488 e. The van der Waals surface area contributed by atoms with Crippen LogP contribution in [-0.4, -0.2) is 15.7 Å². The van der Waals surface area contributed by atoms with Crippen molar-refractivity contribution in [3.63, 3.8) is 0 Å². The Labute approximate surface area is 127 Å². The maximum absolute atomic E-state index is 11.3. The van der Waals surface area contributed by atoms with Crippen molar-refractivity contribution in [2.45, 2.75) is 6.61 Å². The first kappa shape index (κ1) is 13.9. The number of ether oxygens (including phenoxy) is 1. The Kier molecular flexibility index (Phi) is 3.87. The van der Waals surface area contributed by atoms with E-state index in [1.54, 1.807) is 29.1 Å². The number of carbonyl (C=O) groups is 1. The van der Waals surface area contributed by atoms with E-state index in [9.17, 15) is 4.79 Å². The molecule has 0 aliphatic carbocycles. The molecule has 0 atom stereocenters. The van der Waals surface area contributed by atoms with E-state index in [2.05, 4.69) is 5.10 Å². The lowest BCUT2D eigenvalue weighted by molar-refractivity contribution is 0.0996. The standard InChI is InChI=1S/C17H15N3O2/c18-17(21)15-4-1-2-5-16(15)22-12-13-6-8-14(9-7-13)20-11-3-10-19-20/h1-11H,12H2,(H2,18,21). The molecule has 0 aliphatic rings. The van der Waals surface area contributed by atoms with E-state index in [0.29, 0.717) is 17.9 Å². The van der Waals surface area contributed by atoms with Crippen LogP contribution in [0.3, 0.4) is 0 Å². The SMILES string of the molecule is NC(=O)c1ccccc1OCc1ccc(-n2cccn2)cc1. The second-order valence-corrected chi connectivity index (χ2v) is 4.77. The Bertz CT molecular complexity index is 765. The number of hydrogen-bond acceptors (Lipinski definition) is 3. The number of nitrogens with zero attached hydrogens (tertiary/aromatic N) is 2. The van der Waals surface area contributed by atoms with Gasteiger partial charge in [0.1, 0.15) is 12.4 Å². The third kappa shape index (κ3) is 2.98. The highest BCUT2D eigenvalue weighted by Gasteiger charge is 2.08. The molecule has 0 aliphatic heterocycles. The molecule has 0 fully saturated rings. The van der Waals surface area contributed by atoms with Gasteiger partial charge in [0, 0.05) is 12.4 Å². The van der Waals surface area contributed by atoms with Crippen molar-refractivity contribution in [2.24, 2.45) is 5.73 Å². The fraction of sp³-hybridized carbons (Fsp3) is 0.0588. The van der Waals surface area contributed by atoms with E-state index in [-0.39, 0.29) is 0 Å². The van der Waals surface area contributed by atoms with Gasteiger partial charge in [-0.3, -0.25) is 4.79 Å². The molecule has 0 saturated carbocycles. The van der Waals surface area contributed by atoms with Crippen LogP contribution in [0.15, 0.2) is 67.0 Å². The molecular weight excluding hydrogens is 278 g/mol.